The van der Waals surface area contributed by atoms with Crippen molar-refractivity contribution in [3.8, 4) is 17.0 Å². The van der Waals surface area contributed by atoms with Gasteiger partial charge < -0.3 is 26.8 Å². The van der Waals surface area contributed by atoms with Gasteiger partial charge in [-0.1, -0.05) is 23.7 Å². The van der Waals surface area contributed by atoms with Crippen molar-refractivity contribution in [1.82, 2.24) is 19.9 Å². The number of fused-ring (bicyclic) bond motifs is 1. The lowest BCUT2D eigenvalue weighted by Crippen LogP contribution is -2.01. The van der Waals surface area contributed by atoms with E-state index in [0.29, 0.717) is 16.8 Å². The number of nitrogens with one attached hydrogen (secondary N) is 2. The maximum Gasteiger partial charge on any atom is 0.223 e. The highest BCUT2D eigenvalue weighted by Crippen LogP contribution is 2.36. The van der Waals surface area contributed by atoms with Crippen LogP contribution in [0.3, 0.4) is 0 Å². The topological polar surface area (TPSA) is 137 Å². The van der Waals surface area contributed by atoms with E-state index >= 15 is 0 Å². The third kappa shape index (κ3) is 4.49. The van der Waals surface area contributed by atoms with Crippen molar-refractivity contribution < 1.29 is 4.74 Å². The number of benzene rings is 1. The van der Waals surface area contributed by atoms with Gasteiger partial charge in [-0.05, 0) is 11.6 Å². The van der Waals surface area contributed by atoms with E-state index in [9.17, 15) is 0 Å². The van der Waals surface area contributed by atoms with Gasteiger partial charge >= 0.3 is 0 Å². The van der Waals surface area contributed by atoms with Crippen molar-refractivity contribution in [1.29, 1.82) is 0 Å². The minimum absolute atomic E-state index is 0.178. The molecule has 10 heteroatoms. The molecule has 0 saturated carbocycles. The highest BCUT2D eigenvalue weighted by molar-refractivity contribution is 6.29. The number of ether oxygens (including phenoxy) is 1. The molecule has 3 heterocycles. The zero-order valence-electron chi connectivity index (χ0n) is 15.5. The van der Waals surface area contributed by atoms with Crippen LogP contribution in [-0.2, 0) is 6.42 Å². The Morgan fingerprint density at radius 2 is 1.64 bits per heavy atom. The second-order valence-corrected chi connectivity index (χ2v) is 6.21. The Hall–Kier alpha value is -3.33. The molecular weight excluding hydrogens is 380 g/mol. The molecule has 28 heavy (non-hydrogen) atoms. The van der Waals surface area contributed by atoms with E-state index in [1.165, 1.54) is 5.56 Å². The molecule has 6 N–H and O–H groups in total. The van der Waals surface area contributed by atoms with Gasteiger partial charge in [-0.2, -0.15) is 9.97 Å². The maximum atomic E-state index is 5.71. The van der Waals surface area contributed by atoms with Gasteiger partial charge in [0.15, 0.2) is 0 Å². The Kier molecular flexibility index (Phi) is 5.95. The molecule has 0 saturated heterocycles. The zero-order valence-corrected chi connectivity index (χ0v) is 16.3. The standard InChI is InChI=1S/C13H14N4O.C5H7ClN4/c1-15-11-7-10(16-13(14)17-11)9-4-2-3-8-5-6-18-12(8)9;1-8-4-2-3(6)9-5(7)10-4/h2-4,7H,5-6H2,1H3,(H3,14,15,16,17);2H,1H3,(H3,7,8,9,10). The molecule has 4 rings (SSSR count). The summed E-state index contributed by atoms with van der Waals surface area (Å²) in [6.45, 7) is 0.728. The van der Waals surface area contributed by atoms with Crippen LogP contribution in [0, 0.1) is 0 Å². The van der Waals surface area contributed by atoms with Crippen molar-refractivity contribution in [2.24, 2.45) is 0 Å². The van der Waals surface area contributed by atoms with E-state index in [1.807, 2.05) is 18.2 Å². The molecule has 0 atom stereocenters. The Bertz CT molecular complexity index is 962. The molecule has 0 radical (unpaired) electrons. The summed E-state index contributed by atoms with van der Waals surface area (Å²) in [5, 5.41) is 6.11. The number of hydrogen-bond donors (Lipinski definition) is 4. The number of anilines is 4. The molecule has 1 aliphatic heterocycles. The van der Waals surface area contributed by atoms with E-state index in [4.69, 9.17) is 27.8 Å². The molecule has 0 fully saturated rings. The number of aromatic nitrogens is 4. The van der Waals surface area contributed by atoms with Crippen molar-refractivity contribution in [3.63, 3.8) is 0 Å². The molecule has 0 unspecified atom stereocenters. The molecule has 3 aromatic rings. The van der Waals surface area contributed by atoms with E-state index in [2.05, 4.69) is 36.6 Å². The van der Waals surface area contributed by atoms with Crippen molar-refractivity contribution >= 4 is 35.1 Å². The van der Waals surface area contributed by atoms with Gasteiger partial charge in [0.2, 0.25) is 11.9 Å². The number of hydrogen-bond acceptors (Lipinski definition) is 9. The Morgan fingerprint density at radius 1 is 0.964 bits per heavy atom. The summed E-state index contributed by atoms with van der Waals surface area (Å²) in [6, 6.07) is 9.55. The average molecular weight is 401 g/mol. The van der Waals surface area contributed by atoms with Crippen LogP contribution in [0.5, 0.6) is 5.75 Å². The highest BCUT2D eigenvalue weighted by Gasteiger charge is 2.18. The van der Waals surface area contributed by atoms with Crippen LogP contribution in [0.25, 0.3) is 11.3 Å². The number of nitrogen functional groups attached to an aromatic ring is 2. The number of para-hydroxylation sites is 1. The summed E-state index contributed by atoms with van der Waals surface area (Å²) in [5.74, 6) is 2.67. The van der Waals surface area contributed by atoms with Gasteiger partial charge in [-0.25, -0.2) is 9.97 Å². The maximum absolute atomic E-state index is 5.71. The highest BCUT2D eigenvalue weighted by atomic mass is 35.5. The average Bonchev–Trinajstić information content (AvgIpc) is 3.16. The van der Waals surface area contributed by atoms with Gasteiger partial charge in [0.1, 0.15) is 22.5 Å². The molecule has 0 bridgehead atoms. The van der Waals surface area contributed by atoms with E-state index < -0.39 is 0 Å². The number of nitrogens with two attached hydrogens (primary N) is 2. The lowest BCUT2D eigenvalue weighted by molar-refractivity contribution is 0.358. The minimum atomic E-state index is 0.178. The fraction of sp³-hybridized carbons (Fsp3) is 0.222. The molecule has 146 valence electrons. The smallest absolute Gasteiger partial charge is 0.223 e. The minimum Gasteiger partial charge on any atom is -0.492 e. The normalized spacial score (nSPS) is 11.7. The number of rotatable bonds is 3. The Labute approximate surface area is 167 Å². The molecule has 9 nitrogen and oxygen atoms in total. The third-order valence-corrected chi connectivity index (χ3v) is 4.15. The number of nitrogens with zero attached hydrogens (tertiary/aromatic N) is 4. The largest absolute Gasteiger partial charge is 0.492 e. The van der Waals surface area contributed by atoms with Crippen LogP contribution in [0.2, 0.25) is 5.15 Å². The predicted molar refractivity (Wildman–Crippen MR) is 112 cm³/mol. The Morgan fingerprint density at radius 3 is 2.32 bits per heavy atom. The van der Waals surface area contributed by atoms with Gasteiger partial charge in [-0.3, -0.25) is 0 Å². The summed E-state index contributed by atoms with van der Waals surface area (Å²) >= 11 is 5.56. The number of halogens is 1. The monoisotopic (exact) mass is 400 g/mol. The van der Waals surface area contributed by atoms with Crippen LogP contribution < -0.4 is 26.8 Å². The van der Waals surface area contributed by atoms with E-state index in [1.54, 1.807) is 20.2 Å². The second-order valence-electron chi connectivity index (χ2n) is 5.82. The predicted octanol–water partition coefficient (Wildman–Crippen LogP) is 2.46. The van der Waals surface area contributed by atoms with E-state index in [-0.39, 0.29) is 11.9 Å². The molecule has 0 aliphatic carbocycles. The quantitative estimate of drug-likeness (QED) is 0.488. The molecule has 1 aliphatic rings. The first-order chi connectivity index (χ1) is 13.5. The SMILES string of the molecule is CNc1cc(-c2cccc3c2OCC3)nc(N)n1.CNc1cc(Cl)nc(N)n1. The van der Waals surface area contributed by atoms with Crippen molar-refractivity contribution in [2.45, 2.75) is 6.42 Å². The first-order valence-corrected chi connectivity index (χ1v) is 8.93. The van der Waals surface area contributed by atoms with Crippen LogP contribution >= 0.6 is 11.6 Å². The fourth-order valence-electron chi connectivity index (χ4n) is 2.71. The summed E-state index contributed by atoms with van der Waals surface area (Å²) in [6.07, 6.45) is 0.947. The van der Waals surface area contributed by atoms with Gasteiger partial charge in [0.25, 0.3) is 0 Å². The molecule has 0 amide bonds. The van der Waals surface area contributed by atoms with Gasteiger partial charge in [-0.15, -0.1) is 0 Å². The lowest BCUT2D eigenvalue weighted by atomic mass is 10.1. The van der Waals surface area contributed by atoms with Crippen LogP contribution in [-0.4, -0.2) is 40.6 Å². The third-order valence-electron chi connectivity index (χ3n) is 3.96. The molecule has 2 aromatic heterocycles. The summed E-state index contributed by atoms with van der Waals surface area (Å²) in [5.41, 5.74) is 14.0. The lowest BCUT2D eigenvalue weighted by Gasteiger charge is -2.09. The van der Waals surface area contributed by atoms with Crippen LogP contribution in [0.1, 0.15) is 5.56 Å². The van der Waals surface area contributed by atoms with Crippen molar-refractivity contribution in [2.75, 3.05) is 42.8 Å². The van der Waals surface area contributed by atoms with E-state index in [0.717, 1.165) is 30.0 Å². The summed E-state index contributed by atoms with van der Waals surface area (Å²) in [7, 11) is 3.54. The first-order valence-electron chi connectivity index (χ1n) is 8.55. The van der Waals surface area contributed by atoms with Gasteiger partial charge in [0, 0.05) is 38.2 Å². The zero-order chi connectivity index (χ0) is 20.1. The fourth-order valence-corrected chi connectivity index (χ4v) is 2.90. The van der Waals surface area contributed by atoms with Crippen LogP contribution in [0.4, 0.5) is 23.5 Å². The summed E-state index contributed by atoms with van der Waals surface area (Å²) < 4.78 is 5.68. The molecular formula is C18H21ClN8O. The van der Waals surface area contributed by atoms with Crippen LogP contribution in [0.15, 0.2) is 30.3 Å². The second kappa shape index (κ2) is 8.57. The first kappa shape index (κ1) is 19.4. The Balaban J connectivity index is 0.000000192. The molecule has 0 spiro atoms. The van der Waals surface area contributed by atoms with Gasteiger partial charge in [0.05, 0.1) is 12.3 Å². The summed E-state index contributed by atoms with van der Waals surface area (Å²) in [4.78, 5) is 15.9. The molecule has 1 aromatic carbocycles. The van der Waals surface area contributed by atoms with Crippen molar-refractivity contribution in [3.05, 3.63) is 41.0 Å².